The van der Waals surface area contributed by atoms with E-state index in [2.05, 4.69) is 9.97 Å². The fourth-order valence-electron chi connectivity index (χ4n) is 1.83. The molecule has 1 aliphatic heterocycles. The topological polar surface area (TPSA) is 29.0 Å². The van der Waals surface area contributed by atoms with Gasteiger partial charge in [-0.05, 0) is 6.26 Å². The number of hydrogen-bond donors (Lipinski definition) is 0. The van der Waals surface area contributed by atoms with Crippen LogP contribution in [0.15, 0.2) is 17.6 Å². The minimum Gasteiger partial charge on any atom is -0.299 e. The highest BCUT2D eigenvalue weighted by molar-refractivity contribution is 7.98. The van der Waals surface area contributed by atoms with E-state index in [1.54, 1.807) is 12.4 Å². The Balaban J connectivity index is 1.89. The van der Waals surface area contributed by atoms with Crippen LogP contribution in [0.2, 0.25) is 0 Å². The van der Waals surface area contributed by atoms with Gasteiger partial charge in [-0.15, -0.1) is 0 Å². The van der Waals surface area contributed by atoms with Crippen LogP contribution >= 0.6 is 11.8 Å². The highest BCUT2D eigenvalue weighted by atomic mass is 32.2. The van der Waals surface area contributed by atoms with Crippen molar-refractivity contribution < 1.29 is 8.78 Å². The van der Waals surface area contributed by atoms with Crippen molar-refractivity contribution in [3.63, 3.8) is 0 Å². The first-order valence-corrected chi connectivity index (χ1v) is 6.77. The van der Waals surface area contributed by atoms with E-state index in [4.69, 9.17) is 0 Å². The van der Waals surface area contributed by atoms with Crippen LogP contribution in [0.3, 0.4) is 0 Å². The maximum atomic E-state index is 13.0. The van der Waals surface area contributed by atoms with Gasteiger partial charge in [0.05, 0.1) is 0 Å². The third-order valence-electron chi connectivity index (χ3n) is 2.86. The van der Waals surface area contributed by atoms with Gasteiger partial charge >= 0.3 is 0 Å². The molecule has 3 nitrogen and oxygen atoms in total. The molecule has 1 aromatic rings. The predicted octanol–water partition coefficient (Wildman–Crippen LogP) is 2.43. The zero-order chi connectivity index (χ0) is 12.3. The Bertz CT molecular complexity index is 359. The van der Waals surface area contributed by atoms with Crippen LogP contribution in [-0.4, -0.2) is 40.1 Å². The van der Waals surface area contributed by atoms with E-state index in [0.29, 0.717) is 19.6 Å². The highest BCUT2D eigenvalue weighted by Crippen LogP contribution is 2.28. The van der Waals surface area contributed by atoms with Crippen LogP contribution in [0.1, 0.15) is 18.4 Å². The van der Waals surface area contributed by atoms with Crippen LogP contribution < -0.4 is 0 Å². The van der Waals surface area contributed by atoms with Gasteiger partial charge in [-0.3, -0.25) is 4.90 Å². The summed E-state index contributed by atoms with van der Waals surface area (Å²) in [6, 6.07) is 0. The lowest BCUT2D eigenvalue weighted by Crippen LogP contribution is -2.38. The number of rotatable bonds is 3. The van der Waals surface area contributed by atoms with Crippen LogP contribution in [0.25, 0.3) is 0 Å². The van der Waals surface area contributed by atoms with Gasteiger partial charge in [-0.1, -0.05) is 11.8 Å². The first kappa shape index (κ1) is 12.7. The second kappa shape index (κ2) is 5.27. The summed E-state index contributed by atoms with van der Waals surface area (Å²) >= 11 is 1.49. The van der Waals surface area contributed by atoms with E-state index in [1.165, 1.54) is 11.8 Å². The molecule has 0 aromatic carbocycles. The lowest BCUT2D eigenvalue weighted by Gasteiger charge is -2.31. The molecule has 0 bridgehead atoms. The van der Waals surface area contributed by atoms with Crippen molar-refractivity contribution in [2.45, 2.75) is 30.5 Å². The van der Waals surface area contributed by atoms with Gasteiger partial charge < -0.3 is 0 Å². The maximum absolute atomic E-state index is 13.0. The van der Waals surface area contributed by atoms with Crippen molar-refractivity contribution in [2.75, 3.05) is 19.3 Å². The lowest BCUT2D eigenvalue weighted by molar-refractivity contribution is -0.0566. The largest absolute Gasteiger partial charge is 0.299 e. The SMILES string of the molecule is CSc1ncc(CN2CCC(F)(F)CC2)cn1. The zero-order valence-corrected chi connectivity index (χ0v) is 10.5. The zero-order valence-electron chi connectivity index (χ0n) is 9.70. The number of likely N-dealkylation sites (tertiary alicyclic amines) is 1. The van der Waals surface area contributed by atoms with Crippen molar-refractivity contribution in [2.24, 2.45) is 0 Å². The molecular formula is C11H15F2N3S. The van der Waals surface area contributed by atoms with Gasteiger partial charge in [-0.25, -0.2) is 18.7 Å². The molecule has 0 unspecified atom stereocenters. The Morgan fingerprint density at radius 1 is 1.29 bits per heavy atom. The normalized spacial score (nSPS) is 20.4. The molecule has 1 aromatic heterocycles. The minimum absolute atomic E-state index is 0.0449. The van der Waals surface area contributed by atoms with Gasteiger partial charge in [0.15, 0.2) is 5.16 Å². The molecule has 1 saturated heterocycles. The highest BCUT2D eigenvalue weighted by Gasteiger charge is 2.33. The summed E-state index contributed by atoms with van der Waals surface area (Å²) < 4.78 is 25.9. The maximum Gasteiger partial charge on any atom is 0.250 e. The number of hydrogen-bond acceptors (Lipinski definition) is 4. The molecule has 0 saturated carbocycles. The minimum atomic E-state index is -2.48. The standard InChI is InChI=1S/C11H15F2N3S/c1-17-10-14-6-9(7-15-10)8-16-4-2-11(12,13)3-5-16/h6-7H,2-5,8H2,1H3. The molecule has 0 amide bonds. The van der Waals surface area contributed by atoms with E-state index in [0.717, 1.165) is 10.7 Å². The second-order valence-electron chi connectivity index (χ2n) is 4.21. The first-order valence-electron chi connectivity index (χ1n) is 5.54. The van der Waals surface area contributed by atoms with E-state index >= 15 is 0 Å². The molecule has 2 heterocycles. The Labute approximate surface area is 104 Å². The third-order valence-corrected chi connectivity index (χ3v) is 3.43. The third kappa shape index (κ3) is 3.61. The number of piperidine rings is 1. The van der Waals surface area contributed by atoms with E-state index in [-0.39, 0.29) is 12.8 Å². The molecule has 2 rings (SSSR count). The molecule has 17 heavy (non-hydrogen) atoms. The number of halogens is 2. The van der Waals surface area contributed by atoms with Gasteiger partial charge in [0.25, 0.3) is 5.92 Å². The number of alkyl halides is 2. The monoisotopic (exact) mass is 259 g/mol. The number of thioether (sulfide) groups is 1. The molecule has 0 radical (unpaired) electrons. The van der Waals surface area contributed by atoms with E-state index < -0.39 is 5.92 Å². The summed E-state index contributed by atoms with van der Waals surface area (Å²) in [4.78, 5) is 10.4. The summed E-state index contributed by atoms with van der Waals surface area (Å²) in [5.41, 5.74) is 0.980. The van der Waals surface area contributed by atoms with Crippen molar-refractivity contribution in [3.8, 4) is 0 Å². The second-order valence-corrected chi connectivity index (χ2v) is 4.98. The molecule has 6 heteroatoms. The molecule has 0 atom stereocenters. The summed E-state index contributed by atoms with van der Waals surface area (Å²) in [6.07, 6.45) is 5.37. The van der Waals surface area contributed by atoms with Crippen LogP contribution in [0, 0.1) is 0 Å². The Hall–Kier alpha value is -0.750. The Morgan fingerprint density at radius 2 is 1.88 bits per heavy atom. The first-order chi connectivity index (χ1) is 8.09. The summed E-state index contributed by atoms with van der Waals surface area (Å²) in [6.45, 7) is 1.54. The lowest BCUT2D eigenvalue weighted by atomic mass is 10.1. The number of aromatic nitrogens is 2. The van der Waals surface area contributed by atoms with Crippen molar-refractivity contribution in [3.05, 3.63) is 18.0 Å². The Morgan fingerprint density at radius 3 is 2.41 bits per heavy atom. The molecule has 0 aliphatic carbocycles. The van der Waals surface area contributed by atoms with Crippen molar-refractivity contribution in [1.29, 1.82) is 0 Å². The molecule has 94 valence electrons. The molecule has 1 aliphatic rings. The smallest absolute Gasteiger partial charge is 0.250 e. The fraction of sp³-hybridized carbons (Fsp3) is 0.636. The van der Waals surface area contributed by atoms with Gasteiger partial charge in [0.1, 0.15) is 0 Å². The van der Waals surface area contributed by atoms with Crippen LogP contribution in [0.5, 0.6) is 0 Å². The predicted molar refractivity (Wildman–Crippen MR) is 63.3 cm³/mol. The van der Waals surface area contributed by atoms with Crippen LogP contribution in [0.4, 0.5) is 8.78 Å². The van der Waals surface area contributed by atoms with Gasteiger partial charge in [0.2, 0.25) is 0 Å². The fourth-order valence-corrected chi connectivity index (χ4v) is 2.14. The van der Waals surface area contributed by atoms with E-state index in [9.17, 15) is 8.78 Å². The molecular weight excluding hydrogens is 244 g/mol. The summed E-state index contributed by atoms with van der Waals surface area (Å²) in [7, 11) is 0. The van der Waals surface area contributed by atoms with E-state index in [1.807, 2.05) is 11.2 Å². The average molecular weight is 259 g/mol. The Kier molecular flexibility index (Phi) is 3.93. The van der Waals surface area contributed by atoms with Crippen molar-refractivity contribution >= 4 is 11.8 Å². The quantitative estimate of drug-likeness (QED) is 0.616. The van der Waals surface area contributed by atoms with Crippen LogP contribution in [-0.2, 0) is 6.54 Å². The summed E-state index contributed by atoms with van der Waals surface area (Å²) in [5, 5.41) is 0.735. The van der Waals surface area contributed by atoms with Gasteiger partial charge in [0, 0.05) is 50.4 Å². The number of nitrogens with zero attached hydrogens (tertiary/aromatic N) is 3. The molecule has 0 spiro atoms. The molecule has 1 fully saturated rings. The average Bonchev–Trinajstić information content (AvgIpc) is 2.33. The van der Waals surface area contributed by atoms with Gasteiger partial charge in [-0.2, -0.15) is 0 Å². The molecule has 0 N–H and O–H groups in total. The van der Waals surface area contributed by atoms with Crippen molar-refractivity contribution in [1.82, 2.24) is 14.9 Å². The summed E-state index contributed by atoms with van der Waals surface area (Å²) in [5.74, 6) is -2.48.